The van der Waals surface area contributed by atoms with Crippen molar-refractivity contribution in [3.05, 3.63) is 53.6 Å². The quantitative estimate of drug-likeness (QED) is 0.788. The van der Waals surface area contributed by atoms with E-state index in [9.17, 15) is 13.2 Å². The van der Waals surface area contributed by atoms with E-state index in [4.69, 9.17) is 5.73 Å². The molecule has 0 saturated carbocycles. The minimum Gasteiger partial charge on any atom is -0.381 e. The van der Waals surface area contributed by atoms with Crippen molar-refractivity contribution in [2.24, 2.45) is 11.7 Å². The number of benzene rings is 2. The van der Waals surface area contributed by atoms with Gasteiger partial charge in [-0.2, -0.15) is 0 Å². The van der Waals surface area contributed by atoms with Gasteiger partial charge in [-0.25, -0.2) is 12.7 Å². The maximum Gasteiger partial charge on any atom is 0.250 e. The number of sulfonamides is 1. The second-order valence-electron chi connectivity index (χ2n) is 7.98. The van der Waals surface area contributed by atoms with E-state index in [0.717, 1.165) is 28.8 Å². The molecule has 1 saturated heterocycles. The van der Waals surface area contributed by atoms with Gasteiger partial charge in [-0.1, -0.05) is 30.3 Å². The normalized spacial score (nSPS) is 24.3. The first kappa shape index (κ1) is 19.9. The predicted molar refractivity (Wildman–Crippen MR) is 115 cm³/mol. The van der Waals surface area contributed by atoms with Crippen LogP contribution in [0.1, 0.15) is 42.1 Å². The highest BCUT2D eigenvalue weighted by molar-refractivity contribution is 7.89. The Labute approximate surface area is 172 Å². The van der Waals surface area contributed by atoms with Gasteiger partial charge in [0.25, 0.3) is 5.91 Å². The van der Waals surface area contributed by atoms with Gasteiger partial charge in [0.1, 0.15) is 0 Å². The Morgan fingerprint density at radius 3 is 2.59 bits per heavy atom. The van der Waals surface area contributed by atoms with Crippen LogP contribution < -0.4 is 11.1 Å². The first-order chi connectivity index (χ1) is 13.8. The lowest BCUT2D eigenvalue weighted by Crippen LogP contribution is -2.32. The molecule has 2 aromatic rings. The Morgan fingerprint density at radius 2 is 1.93 bits per heavy atom. The van der Waals surface area contributed by atoms with Crippen molar-refractivity contribution < 1.29 is 13.2 Å². The van der Waals surface area contributed by atoms with Crippen LogP contribution in [-0.2, 0) is 10.0 Å². The van der Waals surface area contributed by atoms with Gasteiger partial charge in [0.2, 0.25) is 10.0 Å². The van der Waals surface area contributed by atoms with Crippen LogP contribution in [0.25, 0.3) is 11.1 Å². The second kappa shape index (κ2) is 7.46. The average Bonchev–Trinajstić information content (AvgIpc) is 3.31. The Bertz CT molecular complexity index is 1040. The van der Waals surface area contributed by atoms with Crippen molar-refractivity contribution >= 4 is 21.6 Å². The number of carbonyl (C=O) groups excluding carboxylic acids is 1. The number of amides is 1. The Hall–Kier alpha value is -2.38. The van der Waals surface area contributed by atoms with Crippen LogP contribution in [0.2, 0.25) is 0 Å². The lowest BCUT2D eigenvalue weighted by atomic mass is 9.81. The number of carbonyl (C=O) groups is 1. The van der Waals surface area contributed by atoms with Crippen LogP contribution in [0.5, 0.6) is 0 Å². The second-order valence-corrected chi connectivity index (χ2v) is 10.2. The summed E-state index contributed by atoms with van der Waals surface area (Å²) in [5.41, 5.74) is 10.0. The lowest BCUT2D eigenvalue weighted by molar-refractivity contribution is 0.100. The van der Waals surface area contributed by atoms with E-state index >= 15 is 0 Å². The van der Waals surface area contributed by atoms with Gasteiger partial charge in [0.15, 0.2) is 0 Å². The summed E-state index contributed by atoms with van der Waals surface area (Å²) < 4.78 is 26.3. The number of nitrogens with one attached hydrogen (secondary N) is 1. The standard InChI is InChI=1S/C22H27N3O3S/c1-3-29(27,28)25-10-9-16(13-25)20-14(2)24-21-18(20)11-17(12-19(21)22(23)26)15-7-5-4-6-8-15/h4-8,11-12,14,16,20,24H,3,9-10,13H2,1-2H3,(H2,23,26). The van der Waals surface area contributed by atoms with E-state index < -0.39 is 15.9 Å². The van der Waals surface area contributed by atoms with Gasteiger partial charge in [-0.05, 0) is 55.0 Å². The van der Waals surface area contributed by atoms with Crippen molar-refractivity contribution in [3.63, 3.8) is 0 Å². The maximum absolute atomic E-state index is 12.3. The smallest absolute Gasteiger partial charge is 0.250 e. The van der Waals surface area contributed by atoms with Gasteiger partial charge in [0.05, 0.1) is 17.0 Å². The SMILES string of the molecule is CCS(=O)(=O)N1CCC(C2c3cc(-c4ccccc4)cc(C(N)=O)c3NC2C)C1. The number of hydrogen-bond donors (Lipinski definition) is 2. The molecule has 0 radical (unpaired) electrons. The maximum atomic E-state index is 12.3. The van der Waals surface area contributed by atoms with Crippen molar-refractivity contribution in [1.29, 1.82) is 0 Å². The molecule has 3 unspecified atom stereocenters. The fraction of sp³-hybridized carbons (Fsp3) is 0.409. The molecule has 154 valence electrons. The molecule has 6 nitrogen and oxygen atoms in total. The third-order valence-electron chi connectivity index (χ3n) is 6.26. The zero-order chi connectivity index (χ0) is 20.8. The van der Waals surface area contributed by atoms with E-state index in [1.54, 1.807) is 11.2 Å². The van der Waals surface area contributed by atoms with E-state index in [-0.39, 0.29) is 23.6 Å². The third-order valence-corrected chi connectivity index (χ3v) is 8.11. The molecule has 0 aromatic heterocycles. The summed E-state index contributed by atoms with van der Waals surface area (Å²) in [5.74, 6) is -0.00435. The van der Waals surface area contributed by atoms with E-state index in [0.29, 0.717) is 18.7 Å². The molecule has 29 heavy (non-hydrogen) atoms. The van der Waals surface area contributed by atoms with Gasteiger partial charge in [-0.3, -0.25) is 4.79 Å². The van der Waals surface area contributed by atoms with Crippen LogP contribution in [0, 0.1) is 5.92 Å². The number of rotatable bonds is 5. The summed E-state index contributed by atoms with van der Waals surface area (Å²) in [6.07, 6.45) is 0.816. The van der Waals surface area contributed by atoms with Crippen molar-refractivity contribution in [3.8, 4) is 11.1 Å². The zero-order valence-electron chi connectivity index (χ0n) is 16.8. The highest BCUT2D eigenvalue weighted by Gasteiger charge is 2.42. The number of anilines is 1. The number of nitrogens with zero attached hydrogens (tertiary/aromatic N) is 1. The molecule has 1 fully saturated rings. The van der Waals surface area contributed by atoms with Gasteiger partial charge < -0.3 is 11.1 Å². The largest absolute Gasteiger partial charge is 0.381 e. The third kappa shape index (κ3) is 3.53. The van der Waals surface area contributed by atoms with Crippen LogP contribution in [-0.4, -0.2) is 43.5 Å². The van der Waals surface area contributed by atoms with E-state index in [1.165, 1.54) is 0 Å². The molecule has 0 aliphatic carbocycles. The summed E-state index contributed by atoms with van der Waals surface area (Å²) in [4.78, 5) is 12.2. The molecule has 2 aliphatic rings. The van der Waals surface area contributed by atoms with Crippen molar-refractivity contribution in [1.82, 2.24) is 4.31 Å². The summed E-state index contributed by atoms with van der Waals surface area (Å²) in [5, 5.41) is 3.45. The molecule has 2 aromatic carbocycles. The Kier molecular flexibility index (Phi) is 5.12. The first-order valence-corrected chi connectivity index (χ1v) is 11.7. The molecule has 7 heteroatoms. The number of primary amides is 1. The van der Waals surface area contributed by atoms with Crippen LogP contribution in [0.4, 0.5) is 5.69 Å². The molecular formula is C22H27N3O3S. The fourth-order valence-corrected chi connectivity index (χ4v) is 5.98. The summed E-state index contributed by atoms with van der Waals surface area (Å²) in [7, 11) is -3.19. The van der Waals surface area contributed by atoms with E-state index in [1.807, 2.05) is 36.4 Å². The van der Waals surface area contributed by atoms with Crippen LogP contribution >= 0.6 is 0 Å². The average molecular weight is 414 g/mol. The molecule has 3 atom stereocenters. The highest BCUT2D eigenvalue weighted by Crippen LogP contribution is 2.47. The summed E-state index contributed by atoms with van der Waals surface area (Å²) in [6, 6.07) is 14.0. The van der Waals surface area contributed by atoms with E-state index in [2.05, 4.69) is 18.3 Å². The van der Waals surface area contributed by atoms with Crippen LogP contribution in [0.3, 0.4) is 0 Å². The Morgan fingerprint density at radius 1 is 1.21 bits per heavy atom. The van der Waals surface area contributed by atoms with Crippen LogP contribution in [0.15, 0.2) is 42.5 Å². The topological polar surface area (TPSA) is 92.5 Å². The molecule has 0 spiro atoms. The molecule has 3 N–H and O–H groups in total. The molecule has 4 rings (SSSR count). The van der Waals surface area contributed by atoms with Gasteiger partial charge in [-0.15, -0.1) is 0 Å². The molecule has 1 amide bonds. The monoisotopic (exact) mass is 413 g/mol. The predicted octanol–water partition coefficient (Wildman–Crippen LogP) is 3.02. The molecule has 2 heterocycles. The zero-order valence-corrected chi connectivity index (χ0v) is 17.6. The number of hydrogen-bond acceptors (Lipinski definition) is 4. The minimum atomic E-state index is -3.19. The summed E-state index contributed by atoms with van der Waals surface area (Å²) in [6.45, 7) is 4.85. The first-order valence-electron chi connectivity index (χ1n) is 10.1. The fourth-order valence-electron chi connectivity index (χ4n) is 4.81. The van der Waals surface area contributed by atoms with Crippen molar-refractivity contribution in [2.45, 2.75) is 32.2 Å². The van der Waals surface area contributed by atoms with Crippen molar-refractivity contribution in [2.75, 3.05) is 24.2 Å². The highest BCUT2D eigenvalue weighted by atomic mass is 32.2. The van der Waals surface area contributed by atoms with Gasteiger partial charge >= 0.3 is 0 Å². The summed E-state index contributed by atoms with van der Waals surface area (Å²) >= 11 is 0. The molecule has 2 aliphatic heterocycles. The van der Waals surface area contributed by atoms with Gasteiger partial charge in [0, 0.05) is 25.0 Å². The minimum absolute atomic E-state index is 0.100. The number of fused-ring (bicyclic) bond motifs is 1. The molecular weight excluding hydrogens is 386 g/mol. The lowest BCUT2D eigenvalue weighted by Gasteiger charge is -2.24. The molecule has 0 bridgehead atoms. The Balaban J connectivity index is 1.76. The number of nitrogens with two attached hydrogens (primary N) is 1.